The summed E-state index contributed by atoms with van der Waals surface area (Å²) in [5, 5.41) is 5.76. The summed E-state index contributed by atoms with van der Waals surface area (Å²) >= 11 is 1.29. The third-order valence-corrected chi connectivity index (χ3v) is 3.48. The van der Waals surface area contributed by atoms with E-state index in [4.69, 9.17) is 0 Å². The van der Waals surface area contributed by atoms with Crippen molar-refractivity contribution in [2.45, 2.75) is 0 Å². The van der Waals surface area contributed by atoms with E-state index in [1.54, 1.807) is 29.6 Å². The third kappa shape index (κ3) is 2.02. The molecule has 6 heteroatoms. The number of hydrogen-bond donors (Lipinski definition) is 0. The molecule has 19 heavy (non-hydrogen) atoms. The highest BCUT2D eigenvalue weighted by atomic mass is 32.1. The number of rotatable bonds is 2. The van der Waals surface area contributed by atoms with Crippen molar-refractivity contribution in [3.05, 3.63) is 69.5 Å². The van der Waals surface area contributed by atoms with Gasteiger partial charge in [0.2, 0.25) is 0 Å². The van der Waals surface area contributed by atoms with Gasteiger partial charge in [-0.25, -0.2) is 9.36 Å². The molecule has 0 bridgehead atoms. The maximum absolute atomic E-state index is 12.2. The average molecular weight is 271 g/mol. The van der Waals surface area contributed by atoms with Gasteiger partial charge in [0.1, 0.15) is 6.33 Å². The molecule has 0 saturated heterocycles. The lowest BCUT2D eigenvalue weighted by atomic mass is 10.3. The Kier molecular flexibility index (Phi) is 2.85. The molecule has 2 heterocycles. The van der Waals surface area contributed by atoms with Crippen molar-refractivity contribution in [1.82, 2.24) is 14.3 Å². The lowest BCUT2D eigenvalue weighted by molar-refractivity contribution is 0.0959. The van der Waals surface area contributed by atoms with E-state index in [9.17, 15) is 9.59 Å². The Balaban J connectivity index is 2.05. The van der Waals surface area contributed by atoms with E-state index in [2.05, 4.69) is 5.10 Å². The zero-order valence-corrected chi connectivity index (χ0v) is 10.6. The van der Waals surface area contributed by atoms with Gasteiger partial charge in [-0.15, -0.1) is 11.3 Å². The van der Waals surface area contributed by atoms with E-state index < -0.39 is 5.69 Å². The van der Waals surface area contributed by atoms with E-state index >= 15 is 0 Å². The predicted octanol–water partition coefficient (Wildman–Crippen LogP) is 1.78. The summed E-state index contributed by atoms with van der Waals surface area (Å²) in [6.45, 7) is 0. The number of benzene rings is 1. The Bertz CT molecular complexity index is 757. The summed E-state index contributed by atoms with van der Waals surface area (Å²) in [6.07, 6.45) is 1.25. The summed E-state index contributed by atoms with van der Waals surface area (Å²) in [5.41, 5.74) is 0.162. The van der Waals surface area contributed by atoms with Gasteiger partial charge < -0.3 is 0 Å². The van der Waals surface area contributed by atoms with Crippen LogP contribution in [-0.2, 0) is 0 Å². The topological polar surface area (TPSA) is 56.9 Å². The molecule has 94 valence electrons. The Morgan fingerprint density at radius 1 is 1.11 bits per heavy atom. The molecule has 0 saturated carbocycles. The van der Waals surface area contributed by atoms with Gasteiger partial charge >= 0.3 is 5.69 Å². The standard InChI is InChI=1S/C13H9N3O2S/c17-12(11-7-4-8-19-11)15-9-14-16(13(15)18)10-5-2-1-3-6-10/h1-9H. The lowest BCUT2D eigenvalue weighted by Gasteiger charge is -1.98. The first-order valence-electron chi connectivity index (χ1n) is 5.57. The third-order valence-electron chi connectivity index (χ3n) is 2.62. The summed E-state index contributed by atoms with van der Waals surface area (Å²) in [6, 6.07) is 12.4. The van der Waals surface area contributed by atoms with E-state index in [-0.39, 0.29) is 5.91 Å². The predicted molar refractivity (Wildman–Crippen MR) is 71.9 cm³/mol. The van der Waals surface area contributed by atoms with Gasteiger partial charge in [-0.3, -0.25) is 4.79 Å². The molecular weight excluding hydrogens is 262 g/mol. The molecule has 0 fully saturated rings. The fourth-order valence-corrected chi connectivity index (χ4v) is 2.37. The highest BCUT2D eigenvalue weighted by Gasteiger charge is 2.15. The number of aromatic nitrogens is 3. The number of carbonyl (C=O) groups is 1. The first-order chi connectivity index (χ1) is 9.27. The minimum Gasteiger partial charge on any atom is -0.267 e. The summed E-state index contributed by atoms with van der Waals surface area (Å²) in [4.78, 5) is 24.8. The van der Waals surface area contributed by atoms with Crippen molar-refractivity contribution < 1.29 is 4.79 Å². The second-order valence-corrected chi connectivity index (χ2v) is 4.76. The SMILES string of the molecule is O=C(c1cccs1)n1cnn(-c2ccccc2)c1=O. The van der Waals surface area contributed by atoms with Crippen molar-refractivity contribution >= 4 is 17.2 Å². The van der Waals surface area contributed by atoms with Crippen LogP contribution in [-0.4, -0.2) is 20.3 Å². The maximum atomic E-state index is 12.2. The molecule has 0 radical (unpaired) electrons. The number of thiophene rings is 1. The molecule has 0 aliphatic heterocycles. The van der Waals surface area contributed by atoms with Crippen molar-refractivity contribution in [3.8, 4) is 5.69 Å². The molecule has 5 nitrogen and oxygen atoms in total. The van der Waals surface area contributed by atoms with Crippen LogP contribution in [0.4, 0.5) is 0 Å². The van der Waals surface area contributed by atoms with E-state index in [1.165, 1.54) is 22.3 Å². The summed E-state index contributed by atoms with van der Waals surface area (Å²) in [5.74, 6) is -0.359. The number of nitrogens with zero attached hydrogens (tertiary/aromatic N) is 3. The van der Waals surface area contributed by atoms with E-state index in [0.717, 1.165) is 4.57 Å². The van der Waals surface area contributed by atoms with Gasteiger partial charge in [0, 0.05) is 0 Å². The molecule has 0 aliphatic rings. The minimum absolute atomic E-state index is 0.359. The van der Waals surface area contributed by atoms with Crippen LogP contribution in [0.5, 0.6) is 0 Å². The summed E-state index contributed by atoms with van der Waals surface area (Å²) < 4.78 is 2.21. The second kappa shape index (κ2) is 4.66. The lowest BCUT2D eigenvalue weighted by Crippen LogP contribution is -2.28. The first-order valence-corrected chi connectivity index (χ1v) is 6.45. The largest absolute Gasteiger partial charge is 0.357 e. The smallest absolute Gasteiger partial charge is 0.267 e. The normalized spacial score (nSPS) is 10.5. The van der Waals surface area contributed by atoms with Crippen molar-refractivity contribution in [2.24, 2.45) is 0 Å². The molecule has 0 amide bonds. The molecule has 3 aromatic rings. The molecule has 3 rings (SSSR count). The number of carbonyl (C=O) groups excluding carboxylic acids is 1. The highest BCUT2D eigenvalue weighted by Crippen LogP contribution is 2.10. The monoisotopic (exact) mass is 271 g/mol. The van der Waals surface area contributed by atoms with Crippen LogP contribution in [0.1, 0.15) is 9.67 Å². The van der Waals surface area contributed by atoms with E-state index in [0.29, 0.717) is 10.6 Å². The number of hydrogen-bond acceptors (Lipinski definition) is 4. The molecule has 0 spiro atoms. The molecular formula is C13H9N3O2S. The zero-order chi connectivity index (χ0) is 13.2. The number of para-hydroxylation sites is 1. The van der Waals surface area contributed by atoms with Crippen molar-refractivity contribution in [3.63, 3.8) is 0 Å². The van der Waals surface area contributed by atoms with Crippen molar-refractivity contribution in [1.29, 1.82) is 0 Å². The first kappa shape index (κ1) is 11.6. The van der Waals surface area contributed by atoms with Gasteiger partial charge in [-0.05, 0) is 23.6 Å². The molecule has 0 N–H and O–H groups in total. The average Bonchev–Trinajstić information content (AvgIpc) is 3.08. The second-order valence-electron chi connectivity index (χ2n) is 3.81. The van der Waals surface area contributed by atoms with E-state index in [1.807, 2.05) is 18.2 Å². The Morgan fingerprint density at radius 3 is 2.58 bits per heavy atom. The molecule has 0 atom stereocenters. The molecule has 0 aliphatic carbocycles. The molecule has 1 aromatic carbocycles. The van der Waals surface area contributed by atoms with Crippen molar-refractivity contribution in [2.75, 3.05) is 0 Å². The fourth-order valence-electron chi connectivity index (χ4n) is 1.71. The van der Waals surface area contributed by atoms with Gasteiger partial charge in [0.15, 0.2) is 0 Å². The zero-order valence-electron chi connectivity index (χ0n) is 9.76. The molecule has 2 aromatic heterocycles. The van der Waals surface area contributed by atoms with Crippen LogP contribution in [0.2, 0.25) is 0 Å². The summed E-state index contributed by atoms with van der Waals surface area (Å²) in [7, 11) is 0. The Labute approximate surface area is 112 Å². The minimum atomic E-state index is -0.468. The van der Waals surface area contributed by atoms with Crippen LogP contribution in [0, 0.1) is 0 Å². The Morgan fingerprint density at radius 2 is 1.89 bits per heavy atom. The van der Waals surface area contributed by atoms with Crippen LogP contribution in [0.15, 0.2) is 59.0 Å². The van der Waals surface area contributed by atoms with Crippen LogP contribution in [0.3, 0.4) is 0 Å². The van der Waals surface area contributed by atoms with Gasteiger partial charge in [0.25, 0.3) is 5.91 Å². The van der Waals surface area contributed by atoms with Crippen LogP contribution < -0.4 is 5.69 Å². The quantitative estimate of drug-likeness (QED) is 0.714. The van der Waals surface area contributed by atoms with Crippen LogP contribution >= 0.6 is 11.3 Å². The maximum Gasteiger partial charge on any atom is 0.357 e. The van der Waals surface area contributed by atoms with Crippen LogP contribution in [0.25, 0.3) is 5.69 Å². The van der Waals surface area contributed by atoms with Gasteiger partial charge in [-0.1, -0.05) is 24.3 Å². The Hall–Kier alpha value is -2.47. The fraction of sp³-hybridized carbons (Fsp3) is 0. The highest BCUT2D eigenvalue weighted by molar-refractivity contribution is 7.12. The van der Waals surface area contributed by atoms with Gasteiger partial charge in [-0.2, -0.15) is 9.78 Å². The molecule has 0 unspecified atom stereocenters. The van der Waals surface area contributed by atoms with Gasteiger partial charge in [0.05, 0.1) is 10.6 Å².